The molecule has 2 unspecified atom stereocenters. The number of hydrogen-bond acceptors (Lipinski definition) is 1. The molecule has 0 heterocycles. The van der Waals surface area contributed by atoms with Gasteiger partial charge in [0.2, 0.25) is 0 Å². The van der Waals surface area contributed by atoms with Crippen molar-refractivity contribution in [3.05, 3.63) is 0 Å². The summed E-state index contributed by atoms with van der Waals surface area (Å²) in [7, 11) is 0. The zero-order chi connectivity index (χ0) is 10.3. The maximum absolute atomic E-state index is 6.74. The molecule has 0 radical (unpaired) electrons. The molecule has 0 saturated heterocycles. The molecule has 3 aliphatic carbocycles. The number of hydrogen-bond donors (Lipinski definition) is 1. The molecule has 0 aromatic carbocycles. The lowest BCUT2D eigenvalue weighted by molar-refractivity contribution is 0.323. The largest absolute Gasteiger partial charge is 0.324 e. The fourth-order valence-corrected chi connectivity index (χ4v) is 4.60. The minimum atomic E-state index is 0.306. The molecule has 2 atom stereocenters. The molecule has 3 saturated carbocycles. The molecular formula is C14H25N. The van der Waals surface area contributed by atoms with Gasteiger partial charge in [0, 0.05) is 5.54 Å². The zero-order valence-electron chi connectivity index (χ0n) is 9.88. The van der Waals surface area contributed by atoms with Crippen LogP contribution in [0, 0.1) is 17.8 Å². The van der Waals surface area contributed by atoms with Crippen LogP contribution in [-0.2, 0) is 0 Å². The molecule has 1 nitrogen and oxygen atoms in total. The van der Waals surface area contributed by atoms with Gasteiger partial charge in [0.05, 0.1) is 0 Å². The predicted molar refractivity (Wildman–Crippen MR) is 63.6 cm³/mol. The first-order chi connectivity index (χ1) is 7.33. The van der Waals surface area contributed by atoms with Crippen LogP contribution in [0.4, 0.5) is 0 Å². The molecular weight excluding hydrogens is 182 g/mol. The third-order valence-corrected chi connectivity index (χ3v) is 5.50. The van der Waals surface area contributed by atoms with Gasteiger partial charge in [-0.25, -0.2) is 0 Å². The lowest BCUT2D eigenvalue weighted by Gasteiger charge is -2.24. The maximum atomic E-state index is 6.74. The van der Waals surface area contributed by atoms with E-state index in [0.29, 0.717) is 5.54 Å². The van der Waals surface area contributed by atoms with Gasteiger partial charge in [0.1, 0.15) is 0 Å². The average Bonchev–Trinajstić information content (AvgIpc) is 2.96. The Hall–Kier alpha value is -0.0400. The van der Waals surface area contributed by atoms with Gasteiger partial charge in [-0.3, -0.25) is 0 Å². The molecule has 0 aliphatic heterocycles. The van der Waals surface area contributed by atoms with E-state index in [4.69, 9.17) is 5.73 Å². The number of nitrogens with two attached hydrogens (primary N) is 1. The van der Waals surface area contributed by atoms with Crippen molar-refractivity contribution in [1.82, 2.24) is 0 Å². The first-order valence-corrected chi connectivity index (χ1v) is 7.12. The second-order valence-electron chi connectivity index (χ2n) is 6.19. The van der Waals surface area contributed by atoms with Gasteiger partial charge in [-0.1, -0.05) is 38.5 Å². The van der Waals surface area contributed by atoms with Crippen molar-refractivity contribution in [2.75, 3.05) is 0 Å². The van der Waals surface area contributed by atoms with Crippen LogP contribution in [-0.4, -0.2) is 5.54 Å². The maximum Gasteiger partial charge on any atom is 0.0246 e. The Labute approximate surface area is 93.8 Å². The van der Waals surface area contributed by atoms with Crippen molar-refractivity contribution >= 4 is 0 Å². The van der Waals surface area contributed by atoms with Crippen LogP contribution in [0.25, 0.3) is 0 Å². The Balaban J connectivity index is 1.70. The van der Waals surface area contributed by atoms with E-state index in [0.717, 1.165) is 17.8 Å². The van der Waals surface area contributed by atoms with Crippen LogP contribution >= 0.6 is 0 Å². The van der Waals surface area contributed by atoms with Crippen molar-refractivity contribution in [3.8, 4) is 0 Å². The summed E-state index contributed by atoms with van der Waals surface area (Å²) in [5.74, 6) is 2.73. The minimum Gasteiger partial charge on any atom is -0.324 e. The Morgan fingerprint density at radius 3 is 1.67 bits per heavy atom. The van der Waals surface area contributed by atoms with E-state index in [2.05, 4.69) is 0 Å². The van der Waals surface area contributed by atoms with E-state index < -0.39 is 0 Å². The topological polar surface area (TPSA) is 26.0 Å². The third-order valence-electron chi connectivity index (χ3n) is 5.50. The summed E-state index contributed by atoms with van der Waals surface area (Å²) >= 11 is 0. The van der Waals surface area contributed by atoms with E-state index in [-0.39, 0.29) is 0 Å². The van der Waals surface area contributed by atoms with E-state index in [9.17, 15) is 0 Å². The van der Waals surface area contributed by atoms with Crippen LogP contribution in [0.15, 0.2) is 0 Å². The summed E-state index contributed by atoms with van der Waals surface area (Å²) in [5, 5.41) is 0. The minimum absolute atomic E-state index is 0.306. The Morgan fingerprint density at radius 2 is 1.13 bits per heavy atom. The monoisotopic (exact) mass is 207 g/mol. The van der Waals surface area contributed by atoms with Gasteiger partial charge in [-0.05, 0) is 43.4 Å². The van der Waals surface area contributed by atoms with Gasteiger partial charge in [0.15, 0.2) is 0 Å². The number of fused-ring (bicyclic) bond motifs is 1. The predicted octanol–water partition coefficient (Wildman–Crippen LogP) is 3.47. The number of rotatable bonds is 1. The van der Waals surface area contributed by atoms with Crippen molar-refractivity contribution in [2.24, 2.45) is 23.5 Å². The van der Waals surface area contributed by atoms with E-state index in [1.54, 1.807) is 0 Å². The van der Waals surface area contributed by atoms with Crippen molar-refractivity contribution in [1.29, 1.82) is 0 Å². The molecule has 0 aromatic heterocycles. The van der Waals surface area contributed by atoms with Crippen LogP contribution in [0.2, 0.25) is 0 Å². The van der Waals surface area contributed by atoms with Gasteiger partial charge in [-0.2, -0.15) is 0 Å². The fraction of sp³-hybridized carbons (Fsp3) is 1.00. The molecule has 0 amide bonds. The molecule has 3 fully saturated rings. The molecule has 0 bridgehead atoms. The molecule has 15 heavy (non-hydrogen) atoms. The highest BCUT2D eigenvalue weighted by Crippen LogP contribution is 2.62. The quantitative estimate of drug-likeness (QED) is 0.655. The normalized spacial score (nSPS) is 47.0. The zero-order valence-corrected chi connectivity index (χ0v) is 9.88. The van der Waals surface area contributed by atoms with Gasteiger partial charge in [-0.15, -0.1) is 0 Å². The molecule has 0 spiro atoms. The lowest BCUT2D eigenvalue weighted by atomic mass is 9.87. The van der Waals surface area contributed by atoms with Crippen molar-refractivity contribution in [2.45, 2.75) is 69.7 Å². The second-order valence-corrected chi connectivity index (χ2v) is 6.19. The molecule has 0 aromatic rings. The highest BCUT2D eigenvalue weighted by atomic mass is 14.9. The molecule has 86 valence electrons. The van der Waals surface area contributed by atoms with E-state index >= 15 is 0 Å². The summed E-state index contributed by atoms with van der Waals surface area (Å²) < 4.78 is 0. The second kappa shape index (κ2) is 3.76. The average molecular weight is 207 g/mol. The lowest BCUT2D eigenvalue weighted by Crippen LogP contribution is -2.36. The summed E-state index contributed by atoms with van der Waals surface area (Å²) in [5.41, 5.74) is 7.05. The third kappa shape index (κ3) is 1.54. The summed E-state index contributed by atoms with van der Waals surface area (Å²) in [6, 6.07) is 0. The van der Waals surface area contributed by atoms with Crippen molar-refractivity contribution in [3.63, 3.8) is 0 Å². The summed E-state index contributed by atoms with van der Waals surface area (Å²) in [6.07, 6.45) is 14.5. The SMILES string of the molecule is NC1(C2CCCCCC2)C2CCCCC21. The van der Waals surface area contributed by atoms with Crippen LogP contribution in [0.3, 0.4) is 0 Å². The van der Waals surface area contributed by atoms with Crippen molar-refractivity contribution < 1.29 is 0 Å². The highest BCUT2D eigenvalue weighted by Gasteiger charge is 2.64. The van der Waals surface area contributed by atoms with Gasteiger partial charge < -0.3 is 5.73 Å². The Morgan fingerprint density at radius 1 is 0.667 bits per heavy atom. The van der Waals surface area contributed by atoms with Gasteiger partial charge in [0.25, 0.3) is 0 Å². The standard InChI is InChI=1S/C14H25N/c15-14(11-7-3-1-2-4-8-11)12-9-5-6-10-13(12)14/h11-13H,1-10,15H2. The molecule has 3 rings (SSSR count). The molecule has 2 N–H and O–H groups in total. The summed E-state index contributed by atoms with van der Waals surface area (Å²) in [6.45, 7) is 0. The molecule has 3 aliphatic rings. The smallest absolute Gasteiger partial charge is 0.0246 e. The highest BCUT2D eigenvalue weighted by molar-refractivity contribution is 5.19. The van der Waals surface area contributed by atoms with Crippen LogP contribution < -0.4 is 5.73 Å². The van der Waals surface area contributed by atoms with E-state index in [1.165, 1.54) is 64.2 Å². The van der Waals surface area contributed by atoms with Gasteiger partial charge >= 0.3 is 0 Å². The Bertz CT molecular complexity index is 215. The first kappa shape index (κ1) is 10.1. The van der Waals surface area contributed by atoms with Crippen LogP contribution in [0.5, 0.6) is 0 Å². The van der Waals surface area contributed by atoms with Crippen LogP contribution in [0.1, 0.15) is 64.2 Å². The summed E-state index contributed by atoms with van der Waals surface area (Å²) in [4.78, 5) is 0. The van der Waals surface area contributed by atoms with E-state index in [1.807, 2.05) is 0 Å². The Kier molecular flexibility index (Phi) is 2.54. The first-order valence-electron chi connectivity index (χ1n) is 7.12. The fourth-order valence-electron chi connectivity index (χ4n) is 4.60. The molecule has 1 heteroatoms.